The van der Waals surface area contributed by atoms with Crippen molar-refractivity contribution in [2.75, 3.05) is 35.7 Å². The molecule has 0 amide bonds. The van der Waals surface area contributed by atoms with Crippen LogP contribution in [0.25, 0.3) is 0 Å². The van der Waals surface area contributed by atoms with Gasteiger partial charge in [-0.25, -0.2) is 0 Å². The van der Waals surface area contributed by atoms with Crippen LogP contribution in [0.3, 0.4) is 0 Å². The minimum atomic E-state index is 0.839. The Balaban J connectivity index is 2.09. The Morgan fingerprint density at radius 1 is 1.00 bits per heavy atom. The van der Waals surface area contributed by atoms with Gasteiger partial charge in [-0.3, -0.25) is 0 Å². The first-order valence-electron chi connectivity index (χ1n) is 6.29. The largest absolute Gasteiger partial charge is 0.397 e. The van der Waals surface area contributed by atoms with E-state index in [1.54, 1.807) is 0 Å². The van der Waals surface area contributed by atoms with Gasteiger partial charge in [0.25, 0.3) is 0 Å². The lowest BCUT2D eigenvalue weighted by Crippen LogP contribution is -2.36. The van der Waals surface area contributed by atoms with Crippen LogP contribution in [0, 0.1) is 3.57 Å². The van der Waals surface area contributed by atoms with Crippen molar-refractivity contribution in [2.45, 2.75) is 0 Å². The second-order valence-corrected chi connectivity index (χ2v) is 6.01. The molecule has 2 N–H and O–H groups in total. The molecule has 0 radical (unpaired) electrons. The molecule has 0 bridgehead atoms. The summed E-state index contributed by atoms with van der Waals surface area (Å²) in [6.45, 7) is 1.96. The topological polar surface area (TPSA) is 32.5 Å². The Labute approximate surface area is 127 Å². The van der Waals surface area contributed by atoms with Crippen molar-refractivity contribution < 1.29 is 0 Å². The lowest BCUT2D eigenvalue weighted by molar-refractivity contribution is 0.823. The van der Waals surface area contributed by atoms with E-state index in [0.29, 0.717) is 0 Å². The molecule has 0 aliphatic carbocycles. The molecule has 0 atom stereocenters. The molecule has 3 rings (SSSR count). The highest BCUT2D eigenvalue weighted by atomic mass is 127. The van der Waals surface area contributed by atoms with Crippen molar-refractivity contribution in [3.8, 4) is 0 Å². The number of rotatable bonds is 1. The van der Waals surface area contributed by atoms with Crippen molar-refractivity contribution in [2.24, 2.45) is 0 Å². The third-order valence-electron chi connectivity index (χ3n) is 3.52. The lowest BCUT2D eigenvalue weighted by atomic mass is 10.1. The number of para-hydroxylation sites is 2. The number of nitrogens with two attached hydrogens (primary N) is 1. The predicted molar refractivity (Wildman–Crippen MR) is 90.3 cm³/mol. The van der Waals surface area contributed by atoms with Crippen LogP contribution in [0.5, 0.6) is 0 Å². The highest BCUT2D eigenvalue weighted by molar-refractivity contribution is 14.1. The Morgan fingerprint density at radius 2 is 1.74 bits per heavy atom. The van der Waals surface area contributed by atoms with Crippen LogP contribution in [0.2, 0.25) is 0 Å². The smallest absolute Gasteiger partial charge is 0.0649 e. The maximum Gasteiger partial charge on any atom is 0.0649 e. The monoisotopic (exact) mass is 365 g/mol. The first-order valence-corrected chi connectivity index (χ1v) is 7.37. The number of benzene rings is 2. The van der Waals surface area contributed by atoms with E-state index < -0.39 is 0 Å². The number of fused-ring (bicyclic) bond motifs is 1. The van der Waals surface area contributed by atoms with E-state index in [1.807, 2.05) is 6.07 Å². The van der Waals surface area contributed by atoms with Crippen molar-refractivity contribution in [1.29, 1.82) is 0 Å². The SMILES string of the molecule is CN1CCN(c2ccc(I)cc2N)c2ccccc21. The number of nitrogens with zero attached hydrogens (tertiary/aromatic N) is 2. The van der Waals surface area contributed by atoms with E-state index in [-0.39, 0.29) is 0 Å². The number of nitrogen functional groups attached to an aromatic ring is 1. The molecule has 0 saturated heterocycles. The molecule has 2 aromatic rings. The third kappa shape index (κ3) is 2.25. The molecule has 0 aromatic heterocycles. The summed E-state index contributed by atoms with van der Waals surface area (Å²) in [4.78, 5) is 4.59. The van der Waals surface area contributed by atoms with Gasteiger partial charge >= 0.3 is 0 Å². The standard InChI is InChI=1S/C15H16IN3/c1-18-8-9-19(15-5-3-2-4-14(15)18)13-7-6-11(16)10-12(13)17/h2-7,10H,8-9,17H2,1H3. The fourth-order valence-corrected chi connectivity index (χ4v) is 3.04. The van der Waals surface area contributed by atoms with E-state index >= 15 is 0 Å². The number of hydrogen-bond acceptors (Lipinski definition) is 3. The predicted octanol–water partition coefficient (Wildman–Crippen LogP) is 3.46. The Morgan fingerprint density at radius 3 is 2.47 bits per heavy atom. The van der Waals surface area contributed by atoms with Crippen molar-refractivity contribution in [1.82, 2.24) is 0 Å². The van der Waals surface area contributed by atoms with Crippen LogP contribution in [0.4, 0.5) is 22.7 Å². The maximum atomic E-state index is 6.18. The molecule has 3 nitrogen and oxygen atoms in total. The highest BCUT2D eigenvalue weighted by Crippen LogP contribution is 2.39. The van der Waals surface area contributed by atoms with Gasteiger partial charge in [0.05, 0.1) is 22.7 Å². The first-order chi connectivity index (χ1) is 9.16. The van der Waals surface area contributed by atoms with Gasteiger partial charge in [0, 0.05) is 23.7 Å². The van der Waals surface area contributed by atoms with E-state index in [9.17, 15) is 0 Å². The zero-order valence-electron chi connectivity index (χ0n) is 10.8. The summed E-state index contributed by atoms with van der Waals surface area (Å²) in [5.74, 6) is 0. The molecule has 0 unspecified atom stereocenters. The molecule has 1 aliphatic heterocycles. The van der Waals surface area contributed by atoms with Crippen LogP contribution in [0.1, 0.15) is 0 Å². The van der Waals surface area contributed by atoms with E-state index in [1.165, 1.54) is 14.9 Å². The molecule has 1 heterocycles. The average Bonchev–Trinajstić information content (AvgIpc) is 2.41. The molecule has 0 spiro atoms. The van der Waals surface area contributed by atoms with Crippen molar-refractivity contribution >= 4 is 45.3 Å². The lowest BCUT2D eigenvalue weighted by Gasteiger charge is -2.37. The summed E-state index contributed by atoms with van der Waals surface area (Å²) in [5.41, 5.74) is 10.6. The molecule has 0 fully saturated rings. The van der Waals surface area contributed by atoms with Crippen molar-refractivity contribution in [3.63, 3.8) is 0 Å². The Kier molecular flexibility index (Phi) is 3.26. The van der Waals surface area contributed by atoms with E-state index in [2.05, 4.69) is 75.8 Å². The summed E-state index contributed by atoms with van der Waals surface area (Å²) in [7, 11) is 2.13. The van der Waals surface area contributed by atoms with Crippen LogP contribution >= 0.6 is 22.6 Å². The normalized spacial score (nSPS) is 14.4. The zero-order chi connectivity index (χ0) is 13.4. The van der Waals surface area contributed by atoms with Crippen LogP contribution in [-0.2, 0) is 0 Å². The van der Waals surface area contributed by atoms with Gasteiger partial charge < -0.3 is 15.5 Å². The molecule has 1 aliphatic rings. The summed E-state index contributed by atoms with van der Waals surface area (Å²) < 4.78 is 1.17. The highest BCUT2D eigenvalue weighted by Gasteiger charge is 2.22. The van der Waals surface area contributed by atoms with Gasteiger partial charge in [-0.2, -0.15) is 0 Å². The van der Waals surface area contributed by atoms with Crippen LogP contribution in [-0.4, -0.2) is 20.1 Å². The maximum absolute atomic E-state index is 6.18. The second kappa shape index (κ2) is 4.92. The Bertz CT molecular complexity index is 612. The fourth-order valence-electron chi connectivity index (χ4n) is 2.53. The van der Waals surface area contributed by atoms with Gasteiger partial charge in [0.1, 0.15) is 0 Å². The minimum Gasteiger partial charge on any atom is -0.397 e. The molecule has 19 heavy (non-hydrogen) atoms. The van der Waals surface area contributed by atoms with E-state index in [4.69, 9.17) is 5.73 Å². The van der Waals surface area contributed by atoms with Gasteiger partial charge in [-0.1, -0.05) is 12.1 Å². The number of likely N-dealkylation sites (N-methyl/N-ethyl adjacent to an activating group) is 1. The Hall–Kier alpha value is -1.43. The summed E-state index contributed by atoms with van der Waals surface area (Å²) >= 11 is 2.29. The molecular formula is C15H16IN3. The minimum absolute atomic E-state index is 0.839. The molecular weight excluding hydrogens is 349 g/mol. The summed E-state index contributed by atoms with van der Waals surface area (Å²) in [6, 6.07) is 14.7. The fraction of sp³-hybridized carbons (Fsp3) is 0.200. The number of anilines is 4. The van der Waals surface area contributed by atoms with E-state index in [0.717, 1.165) is 24.5 Å². The molecule has 4 heteroatoms. The van der Waals surface area contributed by atoms with Gasteiger partial charge in [-0.05, 0) is 52.9 Å². The number of hydrogen-bond donors (Lipinski definition) is 1. The van der Waals surface area contributed by atoms with Crippen molar-refractivity contribution in [3.05, 3.63) is 46.0 Å². The third-order valence-corrected chi connectivity index (χ3v) is 4.19. The van der Waals surface area contributed by atoms with Gasteiger partial charge in [0.2, 0.25) is 0 Å². The molecule has 0 saturated carbocycles. The van der Waals surface area contributed by atoms with Gasteiger partial charge in [-0.15, -0.1) is 0 Å². The summed E-state index contributed by atoms with van der Waals surface area (Å²) in [6.07, 6.45) is 0. The van der Waals surface area contributed by atoms with Gasteiger partial charge in [0.15, 0.2) is 0 Å². The van der Waals surface area contributed by atoms with Crippen LogP contribution < -0.4 is 15.5 Å². The first kappa shape index (κ1) is 12.6. The second-order valence-electron chi connectivity index (χ2n) is 4.77. The average molecular weight is 365 g/mol. The molecule has 2 aromatic carbocycles. The zero-order valence-corrected chi connectivity index (χ0v) is 13.0. The summed E-state index contributed by atoms with van der Waals surface area (Å²) in [5, 5.41) is 0. The number of halogens is 1. The van der Waals surface area contributed by atoms with Crippen LogP contribution in [0.15, 0.2) is 42.5 Å². The molecule has 98 valence electrons. The quantitative estimate of drug-likeness (QED) is 0.621.